The van der Waals surface area contributed by atoms with Gasteiger partial charge in [-0.3, -0.25) is 9.10 Å². The van der Waals surface area contributed by atoms with Gasteiger partial charge in [0.1, 0.15) is 5.75 Å². The summed E-state index contributed by atoms with van der Waals surface area (Å²) in [7, 11) is -3.87. The van der Waals surface area contributed by atoms with Crippen molar-refractivity contribution in [3.63, 3.8) is 0 Å². The van der Waals surface area contributed by atoms with Crippen molar-refractivity contribution in [1.29, 1.82) is 0 Å². The molecule has 35 heavy (non-hydrogen) atoms. The number of para-hydroxylation sites is 1. The first-order chi connectivity index (χ1) is 16.6. The van der Waals surface area contributed by atoms with Crippen LogP contribution in [0.1, 0.15) is 17.5 Å². The summed E-state index contributed by atoms with van der Waals surface area (Å²) in [6.07, 6.45) is -2.98. The van der Waals surface area contributed by atoms with Gasteiger partial charge in [0.2, 0.25) is 0 Å². The van der Waals surface area contributed by atoms with Crippen LogP contribution in [-0.2, 0) is 27.4 Å². The third kappa shape index (κ3) is 5.54. The predicted octanol–water partition coefficient (Wildman–Crippen LogP) is 5.52. The Morgan fingerprint density at radius 2 is 1.77 bits per heavy atom. The van der Waals surface area contributed by atoms with E-state index in [-0.39, 0.29) is 21.4 Å². The van der Waals surface area contributed by atoms with Crippen LogP contribution in [0.4, 0.5) is 24.5 Å². The number of rotatable bonds is 6. The molecule has 0 aliphatic carbocycles. The first kappa shape index (κ1) is 24.9. The minimum absolute atomic E-state index is 0.00120. The lowest BCUT2D eigenvalue weighted by Gasteiger charge is -2.30. The molecule has 1 aliphatic rings. The highest BCUT2D eigenvalue weighted by Gasteiger charge is 2.30. The molecule has 0 radical (unpaired) electrons. The summed E-state index contributed by atoms with van der Waals surface area (Å²) in [6.45, 7) is -0.133. The lowest BCUT2D eigenvalue weighted by atomic mass is 10.0. The molecule has 0 atom stereocenters. The maximum Gasteiger partial charge on any atom is 0.416 e. The van der Waals surface area contributed by atoms with E-state index in [4.69, 9.17) is 16.3 Å². The number of alkyl halides is 3. The zero-order chi connectivity index (χ0) is 25.2. The Labute approximate surface area is 205 Å². The van der Waals surface area contributed by atoms with Crippen molar-refractivity contribution in [2.24, 2.45) is 0 Å². The molecule has 0 saturated carbocycles. The van der Waals surface area contributed by atoms with Crippen LogP contribution in [0.25, 0.3) is 0 Å². The standard InChI is InChI=1S/C24H20ClF3N2O4S/c25-20-14-19(35(32,33)30-13-3-5-16-4-1-2-6-21(16)30)11-12-22(20)34-15-23(31)29-18-9-7-17(8-10-18)24(26,27)28/h1-2,4,6-12,14H,3,5,13,15H2,(H,29,31). The van der Waals surface area contributed by atoms with Crippen LogP contribution in [0.2, 0.25) is 5.02 Å². The summed E-state index contributed by atoms with van der Waals surface area (Å²) >= 11 is 6.23. The normalized spacial score (nSPS) is 13.8. The fraction of sp³-hybridized carbons (Fsp3) is 0.208. The number of benzene rings is 3. The molecule has 3 aromatic carbocycles. The van der Waals surface area contributed by atoms with E-state index in [2.05, 4.69) is 5.32 Å². The van der Waals surface area contributed by atoms with Crippen LogP contribution in [0, 0.1) is 0 Å². The third-order valence-electron chi connectivity index (χ3n) is 5.41. The van der Waals surface area contributed by atoms with Crippen LogP contribution in [0.15, 0.2) is 71.6 Å². The number of carbonyl (C=O) groups is 1. The molecule has 0 spiro atoms. The van der Waals surface area contributed by atoms with E-state index in [1.165, 1.54) is 22.5 Å². The summed E-state index contributed by atoms with van der Waals surface area (Å²) in [5.41, 5.74) is 0.921. The Hall–Kier alpha value is -3.24. The molecule has 3 aromatic rings. The van der Waals surface area contributed by atoms with Crippen molar-refractivity contribution >= 4 is 38.9 Å². The Morgan fingerprint density at radius 1 is 1.06 bits per heavy atom. The number of halogens is 4. The summed E-state index contributed by atoms with van der Waals surface area (Å²) in [5.74, 6) is -0.533. The van der Waals surface area contributed by atoms with E-state index in [1.54, 1.807) is 12.1 Å². The molecule has 0 bridgehead atoms. The minimum Gasteiger partial charge on any atom is -0.482 e. The molecule has 1 heterocycles. The van der Waals surface area contributed by atoms with Crippen molar-refractivity contribution in [3.05, 3.63) is 82.9 Å². The summed E-state index contributed by atoms with van der Waals surface area (Å²) in [5, 5.41) is 2.42. The highest BCUT2D eigenvalue weighted by Crippen LogP contribution is 2.34. The average Bonchev–Trinajstić information content (AvgIpc) is 2.82. The average molecular weight is 525 g/mol. The topological polar surface area (TPSA) is 75.7 Å². The lowest BCUT2D eigenvalue weighted by Crippen LogP contribution is -2.35. The van der Waals surface area contributed by atoms with Crippen LogP contribution in [-0.4, -0.2) is 27.5 Å². The number of amides is 1. The third-order valence-corrected chi connectivity index (χ3v) is 7.52. The summed E-state index contributed by atoms with van der Waals surface area (Å²) in [4.78, 5) is 12.1. The van der Waals surface area contributed by atoms with Crippen LogP contribution < -0.4 is 14.4 Å². The Bertz CT molecular complexity index is 1350. The van der Waals surface area contributed by atoms with Gasteiger partial charge < -0.3 is 10.1 Å². The largest absolute Gasteiger partial charge is 0.482 e. The van der Waals surface area contributed by atoms with Gasteiger partial charge in [-0.2, -0.15) is 13.2 Å². The number of hydrogen-bond acceptors (Lipinski definition) is 4. The van der Waals surface area contributed by atoms with Gasteiger partial charge in [-0.25, -0.2) is 8.42 Å². The number of nitrogens with one attached hydrogen (secondary N) is 1. The minimum atomic E-state index is -4.47. The van der Waals surface area contributed by atoms with E-state index >= 15 is 0 Å². The van der Waals surface area contributed by atoms with Gasteiger partial charge >= 0.3 is 6.18 Å². The number of ether oxygens (including phenoxy) is 1. The zero-order valence-corrected chi connectivity index (χ0v) is 19.8. The molecular formula is C24H20ClF3N2O4S. The Morgan fingerprint density at radius 3 is 2.46 bits per heavy atom. The number of hydrogen-bond donors (Lipinski definition) is 1. The first-order valence-corrected chi connectivity index (χ1v) is 12.4. The van der Waals surface area contributed by atoms with Gasteiger partial charge in [0, 0.05) is 12.2 Å². The molecule has 184 valence electrons. The van der Waals surface area contributed by atoms with Crippen molar-refractivity contribution in [3.8, 4) is 5.75 Å². The highest BCUT2D eigenvalue weighted by molar-refractivity contribution is 7.92. The second-order valence-corrected chi connectivity index (χ2v) is 10.1. The smallest absolute Gasteiger partial charge is 0.416 e. The number of carbonyl (C=O) groups excluding carboxylic acids is 1. The van der Waals surface area contributed by atoms with Crippen LogP contribution in [0.5, 0.6) is 5.75 Å². The quantitative estimate of drug-likeness (QED) is 0.461. The van der Waals surface area contributed by atoms with Crippen molar-refractivity contribution < 1.29 is 31.1 Å². The molecular weight excluding hydrogens is 505 g/mol. The molecule has 6 nitrogen and oxygen atoms in total. The molecule has 1 aliphatic heterocycles. The van der Waals surface area contributed by atoms with E-state index in [0.717, 1.165) is 36.2 Å². The second kappa shape index (κ2) is 9.79. The van der Waals surface area contributed by atoms with Gasteiger partial charge in [0.05, 0.1) is 21.2 Å². The lowest BCUT2D eigenvalue weighted by molar-refractivity contribution is -0.137. The Kier molecular flexibility index (Phi) is 6.95. The van der Waals surface area contributed by atoms with E-state index in [0.29, 0.717) is 18.7 Å². The highest BCUT2D eigenvalue weighted by atomic mass is 35.5. The number of sulfonamides is 1. The van der Waals surface area contributed by atoms with Crippen molar-refractivity contribution in [2.75, 3.05) is 22.8 Å². The van der Waals surface area contributed by atoms with Gasteiger partial charge in [-0.05, 0) is 66.9 Å². The first-order valence-electron chi connectivity index (χ1n) is 10.6. The van der Waals surface area contributed by atoms with Gasteiger partial charge in [-0.15, -0.1) is 0 Å². The monoisotopic (exact) mass is 524 g/mol. The maximum atomic E-state index is 13.3. The fourth-order valence-electron chi connectivity index (χ4n) is 3.72. The van der Waals surface area contributed by atoms with Gasteiger partial charge in [0.15, 0.2) is 6.61 Å². The molecule has 1 amide bonds. The molecule has 0 saturated heterocycles. The summed E-state index contributed by atoms with van der Waals surface area (Å²) in [6, 6.07) is 15.3. The van der Waals surface area contributed by atoms with Crippen LogP contribution in [0.3, 0.4) is 0 Å². The number of fused-ring (bicyclic) bond motifs is 1. The number of nitrogens with zero attached hydrogens (tertiary/aromatic N) is 1. The molecule has 0 aromatic heterocycles. The van der Waals surface area contributed by atoms with E-state index < -0.39 is 34.3 Å². The number of aryl methyl sites for hydroxylation is 1. The number of anilines is 2. The maximum absolute atomic E-state index is 13.3. The molecule has 11 heteroatoms. The molecule has 1 N–H and O–H groups in total. The van der Waals surface area contributed by atoms with Crippen molar-refractivity contribution in [2.45, 2.75) is 23.9 Å². The molecule has 0 unspecified atom stereocenters. The van der Waals surface area contributed by atoms with Gasteiger partial charge in [-0.1, -0.05) is 29.8 Å². The predicted molar refractivity (Wildman–Crippen MR) is 126 cm³/mol. The van der Waals surface area contributed by atoms with E-state index in [9.17, 15) is 26.4 Å². The molecule has 0 fully saturated rings. The Balaban J connectivity index is 1.42. The fourth-order valence-corrected chi connectivity index (χ4v) is 5.59. The van der Waals surface area contributed by atoms with E-state index in [1.807, 2.05) is 12.1 Å². The van der Waals surface area contributed by atoms with Crippen molar-refractivity contribution in [1.82, 2.24) is 0 Å². The summed E-state index contributed by atoms with van der Waals surface area (Å²) < 4.78 is 71.2. The second-order valence-electron chi connectivity index (χ2n) is 7.81. The zero-order valence-electron chi connectivity index (χ0n) is 18.2. The molecule has 4 rings (SSSR count). The van der Waals surface area contributed by atoms with Crippen LogP contribution >= 0.6 is 11.6 Å². The van der Waals surface area contributed by atoms with Gasteiger partial charge in [0.25, 0.3) is 15.9 Å². The SMILES string of the molecule is O=C(COc1ccc(S(=O)(=O)N2CCCc3ccccc32)cc1Cl)Nc1ccc(C(F)(F)F)cc1.